The molecule has 0 aliphatic carbocycles. The SMILES string of the molecule is COc1ccc(C(N)=O)cc1NC(=O)C(C)Oc1ccc(Cl)cc1Cl. The zero-order chi connectivity index (χ0) is 18.6. The molecule has 8 heteroatoms. The molecule has 2 aromatic rings. The average Bonchev–Trinajstić information content (AvgIpc) is 2.57. The molecule has 2 rings (SSSR count). The number of methoxy groups -OCH3 is 1. The van der Waals surface area contributed by atoms with Crippen LogP contribution in [0.25, 0.3) is 0 Å². The number of carbonyl (C=O) groups is 2. The Morgan fingerprint density at radius 3 is 2.40 bits per heavy atom. The Morgan fingerprint density at radius 1 is 1.12 bits per heavy atom. The molecule has 132 valence electrons. The van der Waals surface area contributed by atoms with Gasteiger partial charge in [-0.15, -0.1) is 0 Å². The van der Waals surface area contributed by atoms with E-state index in [1.165, 1.54) is 31.4 Å². The highest BCUT2D eigenvalue weighted by Gasteiger charge is 2.19. The summed E-state index contributed by atoms with van der Waals surface area (Å²) >= 11 is 11.9. The van der Waals surface area contributed by atoms with Crippen molar-refractivity contribution in [1.29, 1.82) is 0 Å². The minimum atomic E-state index is -0.861. The Morgan fingerprint density at radius 2 is 1.80 bits per heavy atom. The van der Waals surface area contributed by atoms with Gasteiger partial charge in [0.05, 0.1) is 17.8 Å². The third-order valence-electron chi connectivity index (χ3n) is 3.31. The molecule has 3 N–H and O–H groups in total. The second-order valence-electron chi connectivity index (χ2n) is 5.10. The first kappa shape index (κ1) is 18.9. The molecule has 1 unspecified atom stereocenters. The van der Waals surface area contributed by atoms with Crippen molar-refractivity contribution in [3.8, 4) is 11.5 Å². The van der Waals surface area contributed by atoms with Crippen LogP contribution in [0.2, 0.25) is 10.0 Å². The molecule has 0 fully saturated rings. The predicted octanol–water partition coefficient (Wildman–Crippen LogP) is 3.51. The van der Waals surface area contributed by atoms with Gasteiger partial charge >= 0.3 is 0 Å². The topological polar surface area (TPSA) is 90.6 Å². The summed E-state index contributed by atoms with van der Waals surface area (Å²) in [6, 6.07) is 9.17. The summed E-state index contributed by atoms with van der Waals surface area (Å²) in [5.41, 5.74) is 5.80. The number of amides is 2. The number of benzene rings is 2. The van der Waals surface area contributed by atoms with Crippen molar-refractivity contribution in [3.05, 3.63) is 52.0 Å². The van der Waals surface area contributed by atoms with E-state index in [1.807, 2.05) is 0 Å². The van der Waals surface area contributed by atoms with E-state index in [2.05, 4.69) is 5.32 Å². The number of ether oxygens (including phenoxy) is 2. The van der Waals surface area contributed by atoms with Gasteiger partial charge in [-0.05, 0) is 43.3 Å². The molecule has 0 spiro atoms. The number of nitrogens with two attached hydrogens (primary N) is 1. The second kappa shape index (κ2) is 8.09. The quantitative estimate of drug-likeness (QED) is 0.799. The smallest absolute Gasteiger partial charge is 0.265 e. The highest BCUT2D eigenvalue weighted by Crippen LogP contribution is 2.29. The van der Waals surface area contributed by atoms with Crippen LogP contribution in [-0.2, 0) is 4.79 Å². The summed E-state index contributed by atoms with van der Waals surface area (Å²) in [7, 11) is 1.45. The number of rotatable bonds is 6. The molecule has 2 aromatic carbocycles. The molecule has 0 saturated carbocycles. The summed E-state index contributed by atoms with van der Waals surface area (Å²) in [6.07, 6.45) is -0.861. The Balaban J connectivity index is 2.15. The first-order valence-corrected chi connectivity index (χ1v) is 7.98. The Bertz CT molecular complexity index is 811. The van der Waals surface area contributed by atoms with E-state index in [-0.39, 0.29) is 5.56 Å². The van der Waals surface area contributed by atoms with Gasteiger partial charge in [-0.25, -0.2) is 0 Å². The van der Waals surface area contributed by atoms with Crippen LogP contribution in [0.4, 0.5) is 5.69 Å². The number of carbonyl (C=O) groups excluding carboxylic acids is 2. The van der Waals surface area contributed by atoms with Gasteiger partial charge in [0, 0.05) is 10.6 Å². The standard InChI is InChI=1S/C17H16Cl2N2O4/c1-9(25-14-6-4-11(18)8-12(14)19)17(23)21-13-7-10(16(20)22)3-5-15(13)24-2/h3-9H,1-2H3,(H2,20,22)(H,21,23). The van der Waals surface area contributed by atoms with E-state index in [0.717, 1.165) is 0 Å². The van der Waals surface area contributed by atoms with Gasteiger partial charge in [0.25, 0.3) is 5.91 Å². The highest BCUT2D eigenvalue weighted by atomic mass is 35.5. The summed E-state index contributed by atoms with van der Waals surface area (Å²) in [5.74, 6) is -0.358. The van der Waals surface area contributed by atoms with Crippen LogP contribution in [0.15, 0.2) is 36.4 Å². The van der Waals surface area contributed by atoms with Crippen LogP contribution in [0.3, 0.4) is 0 Å². The molecule has 0 bridgehead atoms. The van der Waals surface area contributed by atoms with Crippen LogP contribution in [0.1, 0.15) is 17.3 Å². The van der Waals surface area contributed by atoms with Gasteiger partial charge in [0.1, 0.15) is 11.5 Å². The number of hydrogen-bond donors (Lipinski definition) is 2. The summed E-state index contributed by atoms with van der Waals surface area (Å²) in [5, 5.41) is 3.39. The summed E-state index contributed by atoms with van der Waals surface area (Å²) < 4.78 is 10.7. The lowest BCUT2D eigenvalue weighted by Gasteiger charge is -2.17. The van der Waals surface area contributed by atoms with Crippen molar-refractivity contribution in [3.63, 3.8) is 0 Å². The molecule has 0 aromatic heterocycles. The fourth-order valence-corrected chi connectivity index (χ4v) is 2.46. The highest BCUT2D eigenvalue weighted by molar-refractivity contribution is 6.35. The normalized spacial score (nSPS) is 11.5. The summed E-state index contributed by atoms with van der Waals surface area (Å²) in [4.78, 5) is 23.7. The van der Waals surface area contributed by atoms with Crippen LogP contribution in [0.5, 0.6) is 11.5 Å². The maximum atomic E-state index is 12.4. The maximum Gasteiger partial charge on any atom is 0.265 e. The van der Waals surface area contributed by atoms with Crippen LogP contribution in [-0.4, -0.2) is 25.0 Å². The molecule has 6 nitrogen and oxygen atoms in total. The average molecular weight is 383 g/mol. The van der Waals surface area contributed by atoms with E-state index in [4.69, 9.17) is 38.4 Å². The minimum absolute atomic E-state index is 0.241. The number of hydrogen-bond acceptors (Lipinski definition) is 4. The molecule has 1 atom stereocenters. The molecule has 0 aliphatic heterocycles. The van der Waals surface area contributed by atoms with E-state index >= 15 is 0 Å². The Labute approximate surface area is 154 Å². The molecule has 0 saturated heterocycles. The van der Waals surface area contributed by atoms with Crippen LogP contribution in [0, 0.1) is 0 Å². The van der Waals surface area contributed by atoms with Crippen LogP contribution < -0.4 is 20.5 Å². The Kier molecular flexibility index (Phi) is 6.12. The minimum Gasteiger partial charge on any atom is -0.495 e. The van der Waals surface area contributed by atoms with Gasteiger partial charge in [-0.2, -0.15) is 0 Å². The van der Waals surface area contributed by atoms with Gasteiger partial charge in [-0.1, -0.05) is 23.2 Å². The zero-order valence-electron chi connectivity index (χ0n) is 13.5. The van der Waals surface area contributed by atoms with Gasteiger partial charge < -0.3 is 20.5 Å². The molecule has 2 amide bonds. The number of halogens is 2. The predicted molar refractivity (Wildman–Crippen MR) is 96.7 cm³/mol. The van der Waals surface area contributed by atoms with Crippen molar-refractivity contribution in [2.45, 2.75) is 13.0 Å². The molecule has 0 heterocycles. The first-order valence-electron chi connectivity index (χ1n) is 7.22. The van der Waals surface area contributed by atoms with Crippen molar-refractivity contribution >= 4 is 40.7 Å². The zero-order valence-corrected chi connectivity index (χ0v) is 15.0. The lowest BCUT2D eigenvalue weighted by atomic mass is 10.1. The molecule has 25 heavy (non-hydrogen) atoms. The third-order valence-corrected chi connectivity index (χ3v) is 3.84. The van der Waals surface area contributed by atoms with E-state index < -0.39 is 17.9 Å². The Hall–Kier alpha value is -2.44. The largest absolute Gasteiger partial charge is 0.495 e. The second-order valence-corrected chi connectivity index (χ2v) is 5.95. The number of nitrogens with one attached hydrogen (secondary N) is 1. The van der Waals surface area contributed by atoms with Gasteiger partial charge in [0.2, 0.25) is 5.91 Å². The molecule has 0 aliphatic rings. The van der Waals surface area contributed by atoms with Crippen molar-refractivity contribution < 1.29 is 19.1 Å². The van der Waals surface area contributed by atoms with Crippen LogP contribution >= 0.6 is 23.2 Å². The third kappa shape index (κ3) is 4.78. The maximum absolute atomic E-state index is 12.4. The van der Waals surface area contributed by atoms with E-state index in [9.17, 15) is 9.59 Å². The van der Waals surface area contributed by atoms with Crippen molar-refractivity contribution in [2.75, 3.05) is 12.4 Å². The molecular formula is C17H16Cl2N2O4. The number of primary amides is 1. The van der Waals surface area contributed by atoms with Gasteiger partial charge in [-0.3, -0.25) is 9.59 Å². The molecule has 0 radical (unpaired) electrons. The van der Waals surface area contributed by atoms with E-state index in [1.54, 1.807) is 19.1 Å². The van der Waals surface area contributed by atoms with Crippen molar-refractivity contribution in [1.82, 2.24) is 0 Å². The summed E-state index contributed by atoms with van der Waals surface area (Å²) in [6.45, 7) is 1.56. The number of anilines is 1. The van der Waals surface area contributed by atoms with E-state index in [0.29, 0.717) is 27.2 Å². The lowest BCUT2D eigenvalue weighted by molar-refractivity contribution is -0.122. The van der Waals surface area contributed by atoms with Gasteiger partial charge in [0.15, 0.2) is 6.10 Å². The first-order chi connectivity index (χ1) is 11.8. The molecular weight excluding hydrogens is 367 g/mol. The van der Waals surface area contributed by atoms with Crippen molar-refractivity contribution in [2.24, 2.45) is 5.73 Å². The lowest BCUT2D eigenvalue weighted by Crippen LogP contribution is -2.30. The fraction of sp³-hybridized carbons (Fsp3) is 0.176. The fourth-order valence-electron chi connectivity index (χ4n) is 2.01. The monoisotopic (exact) mass is 382 g/mol.